The maximum atomic E-state index is 14.9. The largest absolute Gasteiger partial charge is 0.508 e. The Kier molecular flexibility index (Phi) is 22.7. The second kappa shape index (κ2) is 28.2. The van der Waals surface area contributed by atoms with Crippen LogP contribution in [-0.2, 0) is 40.2 Å². The molecular weight excluding hydrogens is 1190 g/mol. The first-order chi connectivity index (χ1) is 35.5. The third-order valence-corrected chi connectivity index (χ3v) is 16.9. The zero-order valence-corrected chi connectivity index (χ0v) is 47.6. The van der Waals surface area contributed by atoms with Crippen molar-refractivity contribution >= 4 is 113 Å². The molecule has 15 nitrogen and oxygen atoms in total. The molecule has 24 heteroatoms. The molecule has 3 N–H and O–H groups in total. The Morgan fingerprint density at radius 1 is 0.640 bits per heavy atom. The number of anilines is 1. The number of hydrogen-bond acceptors (Lipinski definition) is 15. The van der Waals surface area contributed by atoms with E-state index >= 15 is 0 Å². The van der Waals surface area contributed by atoms with E-state index < -0.39 is 46.2 Å². The number of phenols is 1. The van der Waals surface area contributed by atoms with Gasteiger partial charge in [-0.2, -0.15) is 0 Å². The molecule has 0 unspecified atom stereocenters. The molecule has 75 heavy (non-hydrogen) atoms. The summed E-state index contributed by atoms with van der Waals surface area (Å²) in [5.41, 5.74) is 9.15. The van der Waals surface area contributed by atoms with E-state index in [1.165, 1.54) is 24.3 Å². The quantitative estimate of drug-likeness (QED) is 0.0885. The van der Waals surface area contributed by atoms with Crippen LogP contribution in [0, 0.1) is 17.5 Å². The second-order valence-corrected chi connectivity index (χ2v) is 26.0. The molecule has 0 spiro atoms. The Morgan fingerprint density at radius 3 is 1.61 bits per heavy atom. The highest BCUT2D eigenvalue weighted by Crippen LogP contribution is 2.34. The molecule has 4 heterocycles. The van der Waals surface area contributed by atoms with Crippen molar-refractivity contribution in [2.75, 3.05) is 49.2 Å². The molecule has 0 aromatic heterocycles. The number of phenolic OH excluding ortho intramolecular Hbond substituents is 1. The number of fused-ring (bicyclic) bond motifs is 6. The fraction of sp³-hybridized carbons (Fsp3) is 0.333. The Bertz CT molecular complexity index is 3260. The van der Waals surface area contributed by atoms with E-state index in [0.717, 1.165) is 73.2 Å². The van der Waals surface area contributed by atoms with Gasteiger partial charge in [-0.15, -0.1) is 0 Å². The zero-order valence-electron chi connectivity index (χ0n) is 41.3. The maximum absolute atomic E-state index is 14.9. The SMILES string of the molecule is CCCS(=O)(=O)Cc1cccc(Br)c1F.CCCS(=O)(=O)Cc1cccc(Oc2ccc3c(c2)C2=NCCCN2C=N3)c1F.CCCS(=O)(=O)Cl.Nc1cccc(Br)c1F.Oc1ccc2c(c1)C1=NCCCN1C=N2. The molecule has 0 atom stereocenters. The van der Waals surface area contributed by atoms with E-state index in [9.17, 15) is 43.5 Å². The summed E-state index contributed by atoms with van der Waals surface area (Å²) in [5.74, 6) is 0.579. The summed E-state index contributed by atoms with van der Waals surface area (Å²) < 4.78 is 115. The van der Waals surface area contributed by atoms with Crippen molar-refractivity contribution in [2.45, 2.75) is 64.4 Å². The predicted octanol–water partition coefficient (Wildman–Crippen LogP) is 11.6. The van der Waals surface area contributed by atoms with Crippen LogP contribution in [0.25, 0.3) is 0 Å². The number of nitrogens with zero attached hydrogens (tertiary/aromatic N) is 6. The molecule has 4 aliphatic heterocycles. The summed E-state index contributed by atoms with van der Waals surface area (Å²) in [5, 5.41) is 9.45. The van der Waals surface area contributed by atoms with Crippen molar-refractivity contribution in [1.29, 1.82) is 0 Å². The number of ether oxygens (including phenoxy) is 1. The molecular formula is C51H57Br2ClF3N7O8S3. The molecule has 0 aliphatic carbocycles. The number of halogens is 6. The Labute approximate surface area is 458 Å². The average Bonchev–Trinajstić information content (AvgIpc) is 3.36. The van der Waals surface area contributed by atoms with Crippen LogP contribution in [0.2, 0.25) is 0 Å². The first-order valence-electron chi connectivity index (χ1n) is 23.6. The van der Waals surface area contributed by atoms with Gasteiger partial charge in [-0.1, -0.05) is 51.1 Å². The summed E-state index contributed by atoms with van der Waals surface area (Å²) in [4.78, 5) is 21.9. The lowest BCUT2D eigenvalue weighted by Gasteiger charge is -2.29. The molecule has 0 bridgehead atoms. The van der Waals surface area contributed by atoms with Crippen LogP contribution in [0.15, 0.2) is 120 Å². The fourth-order valence-corrected chi connectivity index (χ4v) is 12.1. The van der Waals surface area contributed by atoms with Gasteiger partial charge in [-0.25, -0.2) is 48.4 Å². The highest BCUT2D eigenvalue weighted by molar-refractivity contribution is 9.10. The van der Waals surface area contributed by atoms with Gasteiger partial charge in [0.2, 0.25) is 9.05 Å². The van der Waals surface area contributed by atoms with E-state index in [2.05, 4.69) is 51.8 Å². The number of hydrogen-bond donors (Lipinski definition) is 2. The smallest absolute Gasteiger partial charge is 0.232 e. The van der Waals surface area contributed by atoms with E-state index in [1.807, 2.05) is 28.3 Å². The molecule has 404 valence electrons. The minimum Gasteiger partial charge on any atom is -0.508 e. The van der Waals surface area contributed by atoms with E-state index in [0.29, 0.717) is 34.0 Å². The third-order valence-electron chi connectivity index (χ3n) is 10.8. The highest BCUT2D eigenvalue weighted by atomic mass is 79.9. The van der Waals surface area contributed by atoms with E-state index in [1.54, 1.807) is 81.7 Å². The fourth-order valence-electron chi connectivity index (χ4n) is 7.44. The van der Waals surface area contributed by atoms with E-state index in [-0.39, 0.29) is 57.1 Å². The van der Waals surface area contributed by atoms with Crippen LogP contribution in [0.3, 0.4) is 0 Å². The minimum absolute atomic E-state index is 0.00380. The predicted molar refractivity (Wildman–Crippen MR) is 301 cm³/mol. The molecule has 5 aromatic carbocycles. The first-order valence-corrected chi connectivity index (χ1v) is 31.3. The lowest BCUT2D eigenvalue weighted by atomic mass is 10.1. The molecule has 5 aromatic rings. The number of amidine groups is 2. The van der Waals surface area contributed by atoms with Gasteiger partial charge in [0.25, 0.3) is 0 Å². The van der Waals surface area contributed by atoms with Gasteiger partial charge in [0.1, 0.15) is 29.0 Å². The number of nitrogen functional groups attached to an aromatic ring is 1. The Hall–Kier alpha value is -5.33. The second-order valence-electron chi connectivity index (χ2n) is 17.0. The van der Waals surface area contributed by atoms with Crippen LogP contribution < -0.4 is 10.5 Å². The summed E-state index contributed by atoms with van der Waals surface area (Å²) in [6.45, 7) is 8.76. The minimum atomic E-state index is -3.35. The average molecular weight is 1240 g/mol. The van der Waals surface area contributed by atoms with Crippen molar-refractivity contribution in [3.63, 3.8) is 0 Å². The van der Waals surface area contributed by atoms with Gasteiger partial charge >= 0.3 is 0 Å². The number of rotatable bonds is 12. The molecule has 4 aliphatic rings. The van der Waals surface area contributed by atoms with Gasteiger partial charge in [0.05, 0.1) is 67.4 Å². The topological polar surface area (TPSA) is 214 Å². The number of benzene rings is 5. The van der Waals surface area contributed by atoms with Crippen LogP contribution >= 0.6 is 42.5 Å². The molecule has 0 amide bonds. The molecule has 0 saturated carbocycles. The monoisotopic (exact) mass is 1240 g/mol. The van der Waals surface area contributed by atoms with Crippen molar-refractivity contribution < 1.29 is 48.3 Å². The van der Waals surface area contributed by atoms with Crippen LogP contribution in [0.4, 0.5) is 30.2 Å². The van der Waals surface area contributed by atoms with Gasteiger partial charge in [0, 0.05) is 59.1 Å². The first kappa shape index (κ1) is 60.5. The molecule has 0 radical (unpaired) electrons. The van der Waals surface area contributed by atoms with Crippen molar-refractivity contribution in [3.05, 3.63) is 140 Å². The standard InChI is InChI=1S/C21H22FN3O3S.C11H11N3O.C10H12BrFO2S.C6H5BrFN.C3H7ClO2S/c1-2-11-29(26,27)13-15-5-3-6-19(20(15)22)28-16-7-8-18-17(12-16)21-23-9-4-10-25(21)14-24-18;15-8-2-3-10-9(6-8)11-12-4-1-5-14(11)7-13-10;1-2-6-15(13,14)7-8-4-3-5-9(11)10(8)12;7-4-2-1-3-5(9)6(4)8;1-2-3-7(4,5)6/h3,5-8,12,14H,2,4,9-11,13H2,1H3;2-3,6-7,15H,1,4-5H2;3-5H,2,6-7H2,1H3;1-3H,9H2;2-3H2,1H3. The number of sulfone groups is 2. The van der Waals surface area contributed by atoms with Crippen molar-refractivity contribution in [1.82, 2.24) is 9.80 Å². The summed E-state index contributed by atoms with van der Waals surface area (Å²) >= 11 is 6.01. The van der Waals surface area contributed by atoms with Crippen LogP contribution in [-0.4, -0.2) is 108 Å². The van der Waals surface area contributed by atoms with Gasteiger partial charge in [0.15, 0.2) is 37.1 Å². The van der Waals surface area contributed by atoms with Gasteiger partial charge < -0.3 is 25.4 Å². The molecule has 9 rings (SSSR count). The highest BCUT2D eigenvalue weighted by Gasteiger charge is 2.25. The molecule has 0 saturated heterocycles. The zero-order chi connectivity index (χ0) is 54.9. The van der Waals surface area contributed by atoms with Gasteiger partial charge in [-0.3, -0.25) is 9.98 Å². The van der Waals surface area contributed by atoms with Crippen molar-refractivity contribution in [2.24, 2.45) is 20.0 Å². The van der Waals surface area contributed by atoms with Crippen LogP contribution in [0.1, 0.15) is 75.1 Å². The van der Waals surface area contributed by atoms with Gasteiger partial charge in [-0.05, 0) is 125 Å². The van der Waals surface area contributed by atoms with Crippen molar-refractivity contribution in [3.8, 4) is 17.2 Å². The number of aliphatic imine (C=N–C) groups is 4. The third kappa shape index (κ3) is 18.4. The lowest BCUT2D eigenvalue weighted by Crippen LogP contribution is -2.36. The lowest BCUT2D eigenvalue weighted by molar-refractivity contribution is 0.439. The van der Waals surface area contributed by atoms with Crippen LogP contribution in [0.5, 0.6) is 17.2 Å². The number of nitrogens with two attached hydrogens (primary N) is 1. The van der Waals surface area contributed by atoms with E-state index in [4.69, 9.17) is 21.2 Å². The normalized spacial score (nSPS) is 14.2. The maximum Gasteiger partial charge on any atom is 0.232 e. The summed E-state index contributed by atoms with van der Waals surface area (Å²) in [6.07, 6.45) is 7.27. The summed E-state index contributed by atoms with van der Waals surface area (Å²) in [7, 11) is -4.94. The number of aromatic hydroxyl groups is 1. The Balaban J connectivity index is 0.000000191. The molecule has 0 fully saturated rings. The Morgan fingerprint density at radius 2 is 1.12 bits per heavy atom. The summed E-state index contributed by atoms with van der Waals surface area (Å²) in [6, 6.07) is 24.6.